The molecule has 3 aromatic rings. The number of amides is 1. The SMILES string of the molecule is C[C@H](c1nc2ccccc2s1)N(C)C(=O)COC(=O)c1cccn1C. The highest BCUT2D eigenvalue weighted by Crippen LogP contribution is 2.28. The van der Waals surface area contributed by atoms with Crippen molar-refractivity contribution in [2.45, 2.75) is 13.0 Å². The van der Waals surface area contributed by atoms with Gasteiger partial charge in [-0.15, -0.1) is 11.3 Å². The first-order valence-electron chi connectivity index (χ1n) is 7.87. The topological polar surface area (TPSA) is 64.4 Å². The molecule has 7 heteroatoms. The van der Waals surface area contributed by atoms with Gasteiger partial charge in [-0.25, -0.2) is 9.78 Å². The first-order chi connectivity index (χ1) is 12.0. The molecule has 1 atom stereocenters. The molecule has 0 aliphatic heterocycles. The van der Waals surface area contributed by atoms with Crippen LogP contribution in [0.3, 0.4) is 0 Å². The zero-order valence-corrected chi connectivity index (χ0v) is 15.1. The van der Waals surface area contributed by atoms with Gasteiger partial charge in [0.05, 0.1) is 16.3 Å². The maximum Gasteiger partial charge on any atom is 0.355 e. The fourth-order valence-electron chi connectivity index (χ4n) is 2.43. The van der Waals surface area contributed by atoms with Crippen LogP contribution in [0.25, 0.3) is 10.2 Å². The predicted octanol–water partition coefficient (Wildman–Crippen LogP) is 3.01. The Morgan fingerprint density at radius 2 is 2.04 bits per heavy atom. The second-order valence-corrected chi connectivity index (χ2v) is 6.84. The smallest absolute Gasteiger partial charge is 0.355 e. The summed E-state index contributed by atoms with van der Waals surface area (Å²) in [6.45, 7) is 1.62. The van der Waals surface area contributed by atoms with E-state index in [-0.39, 0.29) is 18.6 Å². The summed E-state index contributed by atoms with van der Waals surface area (Å²) in [5, 5.41) is 0.853. The number of carbonyl (C=O) groups is 2. The van der Waals surface area contributed by atoms with Crippen LogP contribution >= 0.6 is 11.3 Å². The van der Waals surface area contributed by atoms with E-state index in [2.05, 4.69) is 4.98 Å². The van der Waals surface area contributed by atoms with E-state index < -0.39 is 5.97 Å². The Morgan fingerprint density at radius 3 is 2.72 bits per heavy atom. The van der Waals surface area contributed by atoms with Crippen LogP contribution in [0.5, 0.6) is 0 Å². The number of benzene rings is 1. The van der Waals surface area contributed by atoms with E-state index in [9.17, 15) is 9.59 Å². The number of hydrogen-bond donors (Lipinski definition) is 0. The zero-order valence-electron chi connectivity index (χ0n) is 14.3. The second-order valence-electron chi connectivity index (χ2n) is 5.78. The lowest BCUT2D eigenvalue weighted by molar-refractivity contribution is -0.135. The van der Waals surface area contributed by atoms with Crippen LogP contribution in [0.1, 0.15) is 28.5 Å². The van der Waals surface area contributed by atoms with Crippen LogP contribution in [0.15, 0.2) is 42.6 Å². The van der Waals surface area contributed by atoms with Crippen molar-refractivity contribution in [3.05, 3.63) is 53.3 Å². The molecule has 0 radical (unpaired) electrons. The zero-order chi connectivity index (χ0) is 18.0. The molecule has 0 aliphatic carbocycles. The summed E-state index contributed by atoms with van der Waals surface area (Å²) < 4.78 is 7.86. The molecular formula is C18H19N3O3S. The number of aromatic nitrogens is 2. The highest BCUT2D eigenvalue weighted by Gasteiger charge is 2.22. The van der Waals surface area contributed by atoms with Crippen LogP contribution in [-0.4, -0.2) is 40.0 Å². The van der Waals surface area contributed by atoms with E-state index >= 15 is 0 Å². The van der Waals surface area contributed by atoms with E-state index in [1.807, 2.05) is 31.2 Å². The first-order valence-corrected chi connectivity index (χ1v) is 8.68. The summed E-state index contributed by atoms with van der Waals surface area (Å²) in [4.78, 5) is 30.5. The number of aryl methyl sites for hydroxylation is 1. The van der Waals surface area contributed by atoms with Gasteiger partial charge in [0.2, 0.25) is 0 Å². The van der Waals surface area contributed by atoms with Crippen molar-refractivity contribution >= 4 is 33.4 Å². The van der Waals surface area contributed by atoms with Crippen molar-refractivity contribution in [1.82, 2.24) is 14.5 Å². The Balaban J connectivity index is 1.63. The third-order valence-electron chi connectivity index (χ3n) is 4.12. The summed E-state index contributed by atoms with van der Waals surface area (Å²) in [5.74, 6) is -0.781. The highest BCUT2D eigenvalue weighted by molar-refractivity contribution is 7.18. The first kappa shape index (κ1) is 17.2. The molecule has 1 aromatic carbocycles. The van der Waals surface area contributed by atoms with Gasteiger partial charge in [-0.1, -0.05) is 12.1 Å². The Morgan fingerprint density at radius 1 is 1.28 bits per heavy atom. The van der Waals surface area contributed by atoms with Crippen LogP contribution in [-0.2, 0) is 16.6 Å². The lowest BCUT2D eigenvalue weighted by Gasteiger charge is -2.23. The van der Waals surface area contributed by atoms with Crippen molar-refractivity contribution in [1.29, 1.82) is 0 Å². The van der Waals surface area contributed by atoms with Gasteiger partial charge in [0.15, 0.2) is 6.61 Å². The minimum Gasteiger partial charge on any atom is -0.451 e. The normalized spacial score (nSPS) is 12.1. The molecule has 2 aromatic heterocycles. The molecule has 2 heterocycles. The average molecular weight is 357 g/mol. The van der Waals surface area contributed by atoms with Gasteiger partial charge in [-0.2, -0.15) is 0 Å². The molecule has 0 N–H and O–H groups in total. The molecule has 0 spiro atoms. The van der Waals surface area contributed by atoms with Crippen molar-refractivity contribution in [2.24, 2.45) is 7.05 Å². The van der Waals surface area contributed by atoms with E-state index in [4.69, 9.17) is 4.74 Å². The maximum absolute atomic E-state index is 12.4. The third-order valence-corrected chi connectivity index (χ3v) is 5.33. The number of fused-ring (bicyclic) bond motifs is 1. The number of ether oxygens (including phenoxy) is 1. The summed E-state index contributed by atoms with van der Waals surface area (Å²) in [7, 11) is 3.44. The number of rotatable bonds is 5. The summed E-state index contributed by atoms with van der Waals surface area (Å²) >= 11 is 1.56. The van der Waals surface area contributed by atoms with Crippen molar-refractivity contribution < 1.29 is 14.3 Å². The summed E-state index contributed by atoms with van der Waals surface area (Å²) in [6, 6.07) is 11.1. The largest absolute Gasteiger partial charge is 0.451 e. The quantitative estimate of drug-likeness (QED) is 0.659. The van der Waals surface area contributed by atoms with E-state index in [0.717, 1.165) is 15.2 Å². The van der Waals surface area contributed by atoms with Crippen LogP contribution in [0.4, 0.5) is 0 Å². The van der Waals surface area contributed by atoms with Gasteiger partial charge in [-0.3, -0.25) is 4.79 Å². The molecule has 0 saturated carbocycles. The lowest BCUT2D eigenvalue weighted by atomic mass is 10.3. The fraction of sp³-hybridized carbons (Fsp3) is 0.278. The highest BCUT2D eigenvalue weighted by atomic mass is 32.1. The van der Waals surface area contributed by atoms with E-state index in [0.29, 0.717) is 5.69 Å². The Bertz CT molecular complexity index is 882. The van der Waals surface area contributed by atoms with E-state index in [1.165, 1.54) is 0 Å². The summed E-state index contributed by atoms with van der Waals surface area (Å²) in [5.41, 5.74) is 1.33. The molecule has 6 nitrogen and oxygen atoms in total. The van der Waals surface area contributed by atoms with Gasteiger partial charge in [0.25, 0.3) is 5.91 Å². The standard InChI is InChI=1S/C18H19N3O3S/c1-12(17-19-13-7-4-5-9-15(13)25-17)21(3)16(22)11-24-18(23)14-8-6-10-20(14)2/h4-10,12H,11H2,1-3H3/t12-/m1/s1. The number of thiazole rings is 1. The molecule has 3 rings (SSSR count). The molecule has 130 valence electrons. The van der Waals surface area contributed by atoms with Crippen molar-refractivity contribution in [3.8, 4) is 0 Å². The number of esters is 1. The summed E-state index contributed by atoms with van der Waals surface area (Å²) in [6.07, 6.45) is 1.75. The molecule has 25 heavy (non-hydrogen) atoms. The third kappa shape index (κ3) is 3.56. The van der Waals surface area contributed by atoms with Gasteiger partial charge >= 0.3 is 5.97 Å². The van der Waals surface area contributed by atoms with Crippen LogP contribution in [0, 0.1) is 0 Å². The van der Waals surface area contributed by atoms with Gasteiger partial charge in [0.1, 0.15) is 10.7 Å². The number of hydrogen-bond acceptors (Lipinski definition) is 5. The maximum atomic E-state index is 12.4. The van der Waals surface area contributed by atoms with Gasteiger partial charge < -0.3 is 14.2 Å². The van der Waals surface area contributed by atoms with Gasteiger partial charge in [-0.05, 0) is 31.2 Å². The molecule has 0 fully saturated rings. The average Bonchev–Trinajstić information content (AvgIpc) is 3.23. The predicted molar refractivity (Wildman–Crippen MR) is 96.5 cm³/mol. The van der Waals surface area contributed by atoms with E-state index in [1.54, 1.807) is 53.2 Å². The number of likely N-dealkylation sites (N-methyl/N-ethyl adjacent to an activating group) is 1. The fourth-order valence-corrected chi connectivity index (χ4v) is 3.49. The Hall–Kier alpha value is -2.67. The molecule has 0 bridgehead atoms. The second kappa shape index (κ2) is 7.06. The molecule has 0 saturated heterocycles. The minimum atomic E-state index is -0.512. The van der Waals surface area contributed by atoms with Crippen molar-refractivity contribution in [3.63, 3.8) is 0 Å². The minimum absolute atomic E-state index is 0.196. The molecule has 0 unspecified atom stereocenters. The van der Waals surface area contributed by atoms with Gasteiger partial charge in [0, 0.05) is 20.3 Å². The molecule has 1 amide bonds. The monoisotopic (exact) mass is 357 g/mol. The number of nitrogens with zero attached hydrogens (tertiary/aromatic N) is 3. The molecular weight excluding hydrogens is 338 g/mol. The van der Waals surface area contributed by atoms with Crippen LogP contribution < -0.4 is 0 Å². The lowest BCUT2D eigenvalue weighted by Crippen LogP contribution is -2.33. The molecule has 0 aliphatic rings. The van der Waals surface area contributed by atoms with Crippen LogP contribution in [0.2, 0.25) is 0 Å². The van der Waals surface area contributed by atoms with Crippen molar-refractivity contribution in [2.75, 3.05) is 13.7 Å². The number of carbonyl (C=O) groups excluding carboxylic acids is 2. The number of para-hydroxylation sites is 1. The Labute approximate surface area is 149 Å². The Kier molecular flexibility index (Phi) is 4.85.